The summed E-state index contributed by atoms with van der Waals surface area (Å²) in [5, 5.41) is 7.95. The van der Waals surface area contributed by atoms with Crippen LogP contribution in [0.1, 0.15) is 23.3 Å². The van der Waals surface area contributed by atoms with Gasteiger partial charge in [-0.15, -0.1) is 0 Å². The lowest BCUT2D eigenvalue weighted by Gasteiger charge is -2.21. The number of nitrogens with zero attached hydrogens (tertiary/aromatic N) is 2. The van der Waals surface area contributed by atoms with E-state index in [0.29, 0.717) is 0 Å². The van der Waals surface area contributed by atoms with Crippen LogP contribution in [0.2, 0.25) is 0 Å². The van der Waals surface area contributed by atoms with Crippen molar-refractivity contribution in [3.8, 4) is 22.4 Å². The lowest BCUT2D eigenvalue weighted by atomic mass is 9.87. The molecule has 0 saturated carbocycles. The molecule has 0 aliphatic heterocycles. The average molecular weight is 751 g/mol. The van der Waals surface area contributed by atoms with Crippen molar-refractivity contribution in [3.63, 3.8) is 0 Å². The number of furan rings is 1. The van der Waals surface area contributed by atoms with E-state index in [1.165, 1.54) is 0 Å². The van der Waals surface area contributed by atoms with Crippen LogP contribution < -0.4 is 15.9 Å². The predicted molar refractivity (Wildman–Crippen MR) is 236 cm³/mol. The minimum Gasteiger partial charge on any atom is -0.460 e. The Labute approximate surface area is 330 Å². The molecule has 3 heterocycles. The molecule has 0 saturated heterocycles. The third-order valence-electron chi connectivity index (χ3n) is 11.4. The fraction of sp³-hybridized carbons (Fsp3) is 0.0385. The number of hydrogen-bond acceptors (Lipinski definition) is 4. The predicted octanol–water partition coefficient (Wildman–Crippen LogP) is 12.0. The highest BCUT2D eigenvalue weighted by Gasteiger charge is 2.30. The molecule has 0 atom stereocenters. The summed E-state index contributed by atoms with van der Waals surface area (Å²) in [7, 11) is -3.09. The molecule has 0 N–H and O–H groups in total. The Hall–Kier alpha value is -6.87. The van der Waals surface area contributed by atoms with Crippen LogP contribution in [-0.4, -0.2) is 9.97 Å². The fourth-order valence-corrected chi connectivity index (χ4v) is 11.3. The van der Waals surface area contributed by atoms with E-state index in [2.05, 4.69) is 120 Å². The van der Waals surface area contributed by atoms with Gasteiger partial charge in [-0.25, -0.2) is 4.98 Å². The maximum atomic E-state index is 15.1. The molecule has 3 aromatic heterocycles. The number of hydrogen-bond donors (Lipinski definition) is 0. The number of benzene rings is 7. The van der Waals surface area contributed by atoms with Gasteiger partial charge < -0.3 is 8.98 Å². The molecule has 5 heteroatoms. The Morgan fingerprint density at radius 1 is 0.526 bits per heavy atom. The van der Waals surface area contributed by atoms with Crippen LogP contribution in [-0.2, 0) is 11.0 Å². The summed E-state index contributed by atoms with van der Waals surface area (Å²) in [6.07, 6.45) is 5.88. The minimum atomic E-state index is -3.09. The van der Waals surface area contributed by atoms with E-state index >= 15 is 4.57 Å². The van der Waals surface area contributed by atoms with E-state index in [1.807, 2.05) is 72.9 Å². The number of aryl methyl sites for hydroxylation is 1. The monoisotopic (exact) mass is 750 g/mol. The minimum absolute atomic E-state index is 0.816. The standard InChI is InChI=1S/C52H35N2O2P/c55-57(39-15-3-1-4-16-39,40-17-5-2-6-18-40)41-28-25-34(26-29-41)42-21-10-22-48-49(42)46-33-45(43-19-7-8-20-44(43)52(46)56-48)37-12-9-13-38(32-37)47-30-27-36-24-23-35-14-11-31-53-50(35)51(36)54-47/h1-9,11-21,23-33H,10,22H2. The van der Waals surface area contributed by atoms with E-state index < -0.39 is 7.14 Å². The molecule has 7 aromatic carbocycles. The highest BCUT2D eigenvalue weighted by molar-refractivity contribution is 7.85. The maximum Gasteiger partial charge on any atom is 0.171 e. The van der Waals surface area contributed by atoms with Gasteiger partial charge in [0, 0.05) is 61.2 Å². The van der Waals surface area contributed by atoms with Gasteiger partial charge in [-0.2, -0.15) is 0 Å². The summed E-state index contributed by atoms with van der Waals surface area (Å²) in [6, 6.07) is 60.2. The van der Waals surface area contributed by atoms with E-state index in [1.54, 1.807) is 0 Å². The van der Waals surface area contributed by atoms with Crippen molar-refractivity contribution in [2.24, 2.45) is 0 Å². The number of allylic oxidation sites excluding steroid dienone is 1. The molecule has 57 heavy (non-hydrogen) atoms. The maximum absolute atomic E-state index is 15.1. The zero-order valence-electron chi connectivity index (χ0n) is 31.0. The summed E-state index contributed by atoms with van der Waals surface area (Å²) < 4.78 is 21.9. The van der Waals surface area contributed by atoms with Crippen LogP contribution in [0.25, 0.3) is 71.5 Å². The fourth-order valence-electron chi connectivity index (χ4n) is 8.70. The molecule has 0 radical (unpaired) electrons. The van der Waals surface area contributed by atoms with Gasteiger partial charge in [0.25, 0.3) is 0 Å². The third-order valence-corrected chi connectivity index (χ3v) is 14.5. The zero-order valence-corrected chi connectivity index (χ0v) is 31.9. The van der Waals surface area contributed by atoms with Crippen LogP contribution >= 0.6 is 7.14 Å². The first-order chi connectivity index (χ1) is 28.1. The largest absolute Gasteiger partial charge is 0.460 e. The van der Waals surface area contributed by atoms with Crippen LogP contribution in [0.4, 0.5) is 0 Å². The first kappa shape index (κ1) is 33.5. The Morgan fingerprint density at radius 3 is 1.96 bits per heavy atom. The van der Waals surface area contributed by atoms with Crippen LogP contribution in [0.3, 0.4) is 0 Å². The first-order valence-electron chi connectivity index (χ1n) is 19.4. The van der Waals surface area contributed by atoms with E-state index in [4.69, 9.17) is 9.40 Å². The molecule has 4 nitrogen and oxygen atoms in total. The highest BCUT2D eigenvalue weighted by atomic mass is 31.2. The van der Waals surface area contributed by atoms with Gasteiger partial charge in [0.2, 0.25) is 0 Å². The third kappa shape index (κ3) is 5.48. The summed E-state index contributed by atoms with van der Waals surface area (Å²) in [6.45, 7) is 0. The molecule has 0 amide bonds. The van der Waals surface area contributed by atoms with Gasteiger partial charge in [0.15, 0.2) is 7.14 Å². The molecule has 1 aliphatic rings. The Bertz CT molecular complexity index is 3220. The topological polar surface area (TPSA) is 56.0 Å². The molecular weight excluding hydrogens is 716 g/mol. The van der Waals surface area contributed by atoms with Gasteiger partial charge in [0.1, 0.15) is 11.3 Å². The molecule has 270 valence electrons. The Morgan fingerprint density at radius 2 is 1.19 bits per heavy atom. The van der Waals surface area contributed by atoms with Crippen molar-refractivity contribution < 1.29 is 8.98 Å². The highest BCUT2D eigenvalue weighted by Crippen LogP contribution is 2.46. The van der Waals surface area contributed by atoms with Crippen molar-refractivity contribution >= 4 is 72.2 Å². The molecule has 0 bridgehead atoms. The molecule has 0 spiro atoms. The van der Waals surface area contributed by atoms with Crippen LogP contribution in [0.5, 0.6) is 0 Å². The van der Waals surface area contributed by atoms with E-state index in [0.717, 1.165) is 117 Å². The van der Waals surface area contributed by atoms with E-state index in [9.17, 15) is 0 Å². The number of rotatable bonds is 6. The average Bonchev–Trinajstić information content (AvgIpc) is 3.68. The van der Waals surface area contributed by atoms with E-state index in [-0.39, 0.29) is 0 Å². The quantitative estimate of drug-likeness (QED) is 0.125. The van der Waals surface area contributed by atoms with Gasteiger partial charge in [-0.05, 0) is 58.3 Å². The first-order valence-corrected chi connectivity index (χ1v) is 21.1. The number of fused-ring (bicyclic) bond motifs is 8. The second kappa shape index (κ2) is 13.4. The summed E-state index contributed by atoms with van der Waals surface area (Å²) in [5.74, 6) is 1.00. The smallest absolute Gasteiger partial charge is 0.171 e. The van der Waals surface area contributed by atoms with Gasteiger partial charge in [-0.1, -0.05) is 158 Å². The van der Waals surface area contributed by atoms with Gasteiger partial charge in [0.05, 0.1) is 16.7 Å². The molecule has 10 aromatic rings. The van der Waals surface area contributed by atoms with Crippen molar-refractivity contribution in [1.82, 2.24) is 9.97 Å². The number of pyridine rings is 2. The summed E-state index contributed by atoms with van der Waals surface area (Å²) >= 11 is 0. The lowest BCUT2D eigenvalue weighted by molar-refractivity contribution is 0.548. The van der Waals surface area contributed by atoms with Gasteiger partial charge in [-0.3, -0.25) is 4.98 Å². The summed E-state index contributed by atoms with van der Waals surface area (Å²) in [5.41, 5.74) is 10.3. The van der Waals surface area contributed by atoms with Crippen molar-refractivity contribution in [3.05, 3.63) is 205 Å². The van der Waals surface area contributed by atoms with Crippen molar-refractivity contribution in [2.75, 3.05) is 0 Å². The van der Waals surface area contributed by atoms with Crippen LogP contribution in [0, 0.1) is 0 Å². The number of aromatic nitrogens is 2. The summed E-state index contributed by atoms with van der Waals surface area (Å²) in [4.78, 5) is 9.85. The SMILES string of the molecule is O=P(c1ccccc1)(c1ccccc1)c1ccc(C2=CCCc3oc4c(cc(-c5cccc(-c6ccc7ccc8cccnc8c7n6)c5)c5ccccc54)c32)cc1. The normalized spacial score (nSPS) is 12.9. The Kier molecular flexibility index (Phi) is 7.87. The molecule has 1 aliphatic carbocycles. The van der Waals surface area contributed by atoms with Crippen molar-refractivity contribution in [2.45, 2.75) is 12.8 Å². The molecular formula is C52H35N2O2P. The Balaban J connectivity index is 1.03. The molecule has 0 unspecified atom stereocenters. The second-order valence-electron chi connectivity index (χ2n) is 14.7. The molecule has 0 fully saturated rings. The second-order valence-corrected chi connectivity index (χ2v) is 17.5. The van der Waals surface area contributed by atoms with Gasteiger partial charge >= 0.3 is 0 Å². The van der Waals surface area contributed by atoms with Crippen molar-refractivity contribution in [1.29, 1.82) is 0 Å². The lowest BCUT2D eigenvalue weighted by Crippen LogP contribution is -2.24. The zero-order chi connectivity index (χ0) is 37.9. The molecule has 11 rings (SSSR count). The van der Waals surface area contributed by atoms with Crippen LogP contribution in [0.15, 0.2) is 193 Å².